The Bertz CT molecular complexity index is 916. The molecule has 3 rings (SSSR count). The number of hydrogen-bond acceptors (Lipinski definition) is 5. The van der Waals surface area contributed by atoms with E-state index in [9.17, 15) is 14.7 Å². The van der Waals surface area contributed by atoms with Crippen molar-refractivity contribution in [2.45, 2.75) is 51.7 Å². The van der Waals surface area contributed by atoms with Gasteiger partial charge in [-0.15, -0.1) is 5.10 Å². The number of likely N-dealkylation sites (tertiary alicyclic amines) is 1. The van der Waals surface area contributed by atoms with Crippen molar-refractivity contribution in [2.75, 3.05) is 19.6 Å². The molecule has 0 saturated carbocycles. The van der Waals surface area contributed by atoms with Gasteiger partial charge in [0.1, 0.15) is 5.52 Å². The summed E-state index contributed by atoms with van der Waals surface area (Å²) in [6.45, 7) is 8.51. The lowest BCUT2D eigenvalue weighted by Crippen LogP contribution is -2.54. The minimum absolute atomic E-state index is 0.0127. The predicted molar refractivity (Wildman–Crippen MR) is 108 cm³/mol. The van der Waals surface area contributed by atoms with Gasteiger partial charge in [-0.05, 0) is 51.8 Å². The highest BCUT2D eigenvalue weighted by Gasteiger charge is 2.35. The molecule has 1 N–H and O–H groups in total. The summed E-state index contributed by atoms with van der Waals surface area (Å²) in [4.78, 5) is 27.7. The van der Waals surface area contributed by atoms with Crippen LogP contribution in [0.15, 0.2) is 23.0 Å². The number of carboxylic acid groups (broad SMARTS) is 1. The summed E-state index contributed by atoms with van der Waals surface area (Å²) in [5, 5.41) is 17.8. The van der Waals surface area contributed by atoms with Crippen LogP contribution in [0.3, 0.4) is 0 Å². The lowest BCUT2D eigenvalue weighted by molar-refractivity contribution is 0.0416. The second kappa shape index (κ2) is 8.05. The molecule has 8 nitrogen and oxygen atoms in total. The largest absolute Gasteiger partial charge is 0.465 e. The monoisotopic (exact) mass is 407 g/mol. The van der Waals surface area contributed by atoms with Crippen molar-refractivity contribution < 1.29 is 9.90 Å². The van der Waals surface area contributed by atoms with E-state index in [2.05, 4.69) is 15.1 Å². The number of rotatable bonds is 4. The zero-order valence-electron chi connectivity index (χ0n) is 16.4. The van der Waals surface area contributed by atoms with Gasteiger partial charge in [0, 0.05) is 42.8 Å². The highest BCUT2D eigenvalue weighted by atomic mass is 35.5. The van der Waals surface area contributed by atoms with E-state index >= 15 is 0 Å². The van der Waals surface area contributed by atoms with Crippen LogP contribution >= 0.6 is 11.6 Å². The molecule has 1 aromatic carbocycles. The van der Waals surface area contributed by atoms with E-state index in [0.29, 0.717) is 29.1 Å². The molecule has 1 aliphatic heterocycles. The van der Waals surface area contributed by atoms with Crippen LogP contribution in [0.1, 0.15) is 33.6 Å². The van der Waals surface area contributed by atoms with Crippen LogP contribution in [0.25, 0.3) is 11.0 Å². The summed E-state index contributed by atoms with van der Waals surface area (Å²) >= 11 is 6.07. The van der Waals surface area contributed by atoms with Gasteiger partial charge in [-0.1, -0.05) is 16.7 Å². The van der Waals surface area contributed by atoms with Gasteiger partial charge in [0.25, 0.3) is 0 Å². The maximum atomic E-state index is 12.2. The molecule has 0 bridgehead atoms. The number of nitrogens with zero attached hydrogens (tertiary/aromatic N) is 5. The number of hydrogen-bond donors (Lipinski definition) is 1. The van der Waals surface area contributed by atoms with Gasteiger partial charge in [0.05, 0.1) is 5.52 Å². The second-order valence-electron chi connectivity index (χ2n) is 8.16. The lowest BCUT2D eigenvalue weighted by atomic mass is 9.97. The maximum absolute atomic E-state index is 12.2. The average Bonchev–Trinajstić information content (AvgIpc) is 2.60. The lowest BCUT2D eigenvalue weighted by Gasteiger charge is -2.43. The molecule has 0 unspecified atom stereocenters. The van der Waals surface area contributed by atoms with E-state index in [-0.39, 0.29) is 6.04 Å². The Morgan fingerprint density at radius 2 is 1.93 bits per heavy atom. The van der Waals surface area contributed by atoms with Gasteiger partial charge in [0.2, 0.25) is 0 Å². The Hall–Kier alpha value is -2.19. The van der Waals surface area contributed by atoms with Crippen LogP contribution in [0, 0.1) is 0 Å². The number of piperidine rings is 1. The fourth-order valence-corrected chi connectivity index (χ4v) is 4.07. The van der Waals surface area contributed by atoms with Crippen LogP contribution in [-0.4, -0.2) is 67.0 Å². The molecule has 0 atom stereocenters. The highest BCUT2D eigenvalue weighted by molar-refractivity contribution is 6.31. The average molecular weight is 408 g/mol. The number of halogens is 1. The minimum atomic E-state index is -0.872. The van der Waals surface area contributed by atoms with Crippen LogP contribution in [-0.2, 0) is 6.54 Å². The molecule has 1 aliphatic rings. The van der Waals surface area contributed by atoms with E-state index in [4.69, 9.17) is 11.6 Å². The first kappa shape index (κ1) is 20.5. The maximum Gasteiger partial charge on any atom is 0.407 e. The fraction of sp³-hybridized carbons (Fsp3) is 0.579. The summed E-state index contributed by atoms with van der Waals surface area (Å²) in [5.41, 5.74) is 0.485. The van der Waals surface area contributed by atoms with Gasteiger partial charge in [-0.3, -0.25) is 4.57 Å². The summed E-state index contributed by atoms with van der Waals surface area (Å²) in [7, 11) is 0. The molecule has 0 radical (unpaired) electrons. The first-order valence-corrected chi connectivity index (χ1v) is 9.82. The Balaban J connectivity index is 1.66. The third-order valence-corrected chi connectivity index (χ3v) is 5.43. The first-order valence-electron chi connectivity index (χ1n) is 9.44. The van der Waals surface area contributed by atoms with Crippen molar-refractivity contribution in [3.05, 3.63) is 33.7 Å². The van der Waals surface area contributed by atoms with Crippen LogP contribution in [0.5, 0.6) is 0 Å². The molecule has 1 amide bonds. The smallest absolute Gasteiger partial charge is 0.407 e. The standard InChI is InChI=1S/C19H26ClN5O3/c1-19(2,3)25(18(27)28)14-6-8-23(9-7-14)10-11-24-16-12-13(20)4-5-15(16)21-22-17(24)26/h4-5,12,14H,6-11H2,1-3H3,(H,27,28). The van der Waals surface area contributed by atoms with Crippen LogP contribution in [0.2, 0.25) is 5.02 Å². The summed E-state index contributed by atoms with van der Waals surface area (Å²) in [6, 6.07) is 5.22. The third kappa shape index (κ3) is 4.44. The van der Waals surface area contributed by atoms with Gasteiger partial charge in [-0.25, -0.2) is 9.59 Å². The third-order valence-electron chi connectivity index (χ3n) is 5.19. The van der Waals surface area contributed by atoms with Crippen LogP contribution in [0.4, 0.5) is 4.79 Å². The number of carbonyl (C=O) groups is 1. The summed E-state index contributed by atoms with van der Waals surface area (Å²) in [6.07, 6.45) is 0.683. The van der Waals surface area contributed by atoms with Crippen molar-refractivity contribution in [3.63, 3.8) is 0 Å². The first-order chi connectivity index (χ1) is 13.2. The number of benzene rings is 1. The van der Waals surface area contributed by atoms with E-state index in [1.807, 2.05) is 20.8 Å². The molecule has 152 valence electrons. The molecule has 0 aliphatic carbocycles. The molecule has 1 aromatic heterocycles. The highest BCUT2D eigenvalue weighted by Crippen LogP contribution is 2.24. The van der Waals surface area contributed by atoms with Crippen molar-refractivity contribution in [1.82, 2.24) is 24.6 Å². The molecule has 1 fully saturated rings. The van der Waals surface area contributed by atoms with Gasteiger partial charge in [-0.2, -0.15) is 0 Å². The van der Waals surface area contributed by atoms with E-state index in [1.54, 1.807) is 27.7 Å². The number of aromatic nitrogens is 3. The van der Waals surface area contributed by atoms with Gasteiger partial charge < -0.3 is 14.9 Å². The number of fused-ring (bicyclic) bond motifs is 1. The summed E-state index contributed by atoms with van der Waals surface area (Å²) in [5.74, 6) is 0. The Labute approximate surface area is 168 Å². The molecule has 0 spiro atoms. The van der Waals surface area contributed by atoms with Gasteiger partial charge in [0.15, 0.2) is 0 Å². The molecule has 28 heavy (non-hydrogen) atoms. The predicted octanol–water partition coefficient (Wildman–Crippen LogP) is 2.69. The Morgan fingerprint density at radius 3 is 2.54 bits per heavy atom. The van der Waals surface area contributed by atoms with Crippen molar-refractivity contribution in [2.24, 2.45) is 0 Å². The topological polar surface area (TPSA) is 91.6 Å². The minimum Gasteiger partial charge on any atom is -0.465 e. The van der Waals surface area contributed by atoms with E-state index in [0.717, 1.165) is 25.9 Å². The molecular weight excluding hydrogens is 382 g/mol. The quantitative estimate of drug-likeness (QED) is 0.837. The van der Waals surface area contributed by atoms with E-state index < -0.39 is 17.3 Å². The normalized spacial score (nSPS) is 16.4. The second-order valence-corrected chi connectivity index (χ2v) is 8.60. The Kier molecular flexibility index (Phi) is 5.90. The van der Waals surface area contributed by atoms with Crippen LogP contribution < -0.4 is 5.69 Å². The zero-order valence-corrected chi connectivity index (χ0v) is 17.2. The number of amides is 1. The van der Waals surface area contributed by atoms with Crippen molar-refractivity contribution >= 4 is 28.7 Å². The zero-order chi connectivity index (χ0) is 20.5. The Morgan fingerprint density at radius 1 is 1.25 bits per heavy atom. The van der Waals surface area contributed by atoms with Crippen molar-refractivity contribution in [1.29, 1.82) is 0 Å². The summed E-state index contributed by atoms with van der Waals surface area (Å²) < 4.78 is 1.60. The molecular formula is C19H26ClN5O3. The van der Waals surface area contributed by atoms with Crippen molar-refractivity contribution in [3.8, 4) is 0 Å². The van der Waals surface area contributed by atoms with Gasteiger partial charge >= 0.3 is 11.8 Å². The molecule has 9 heteroatoms. The molecule has 2 heterocycles. The SMILES string of the molecule is CC(C)(C)N(C(=O)O)C1CCN(CCn2c(=O)nnc3ccc(Cl)cc32)CC1. The van der Waals surface area contributed by atoms with E-state index in [1.165, 1.54) is 0 Å². The molecule has 2 aromatic rings. The molecule has 1 saturated heterocycles. The fourth-order valence-electron chi connectivity index (χ4n) is 3.90.